The van der Waals surface area contributed by atoms with Crippen LogP contribution in [0.5, 0.6) is 0 Å². The zero-order valence-electron chi connectivity index (χ0n) is 11.5. The molecule has 0 aromatic heterocycles. The Morgan fingerprint density at radius 2 is 2.16 bits per heavy atom. The molecule has 1 aromatic carbocycles. The van der Waals surface area contributed by atoms with Gasteiger partial charge in [-0.15, -0.1) is 0 Å². The largest absolute Gasteiger partial charge is 0.309 e. The van der Waals surface area contributed by atoms with Crippen LogP contribution in [0.15, 0.2) is 18.2 Å². The highest BCUT2D eigenvalue weighted by molar-refractivity contribution is 8.00. The second-order valence-corrected chi connectivity index (χ2v) is 7.91. The van der Waals surface area contributed by atoms with Crippen LogP contribution in [0.4, 0.5) is 0 Å². The van der Waals surface area contributed by atoms with Gasteiger partial charge in [-0.05, 0) is 49.6 Å². The van der Waals surface area contributed by atoms with Crippen LogP contribution in [-0.2, 0) is 0 Å². The third kappa shape index (κ3) is 4.04. The minimum Gasteiger partial charge on any atom is -0.309 e. The van der Waals surface area contributed by atoms with Crippen molar-refractivity contribution in [3.8, 4) is 0 Å². The van der Waals surface area contributed by atoms with E-state index in [0.717, 1.165) is 13.0 Å². The fraction of sp³-hybridized carbons (Fsp3) is 0.600. The predicted octanol–water partition coefficient (Wildman–Crippen LogP) is 5.32. The first-order valence-electron chi connectivity index (χ1n) is 6.86. The highest BCUT2D eigenvalue weighted by atomic mass is 35.5. The van der Waals surface area contributed by atoms with Crippen LogP contribution in [0.2, 0.25) is 10.0 Å². The first-order valence-corrected chi connectivity index (χ1v) is 8.60. The Hall–Kier alpha value is 0.110. The van der Waals surface area contributed by atoms with E-state index in [4.69, 9.17) is 23.2 Å². The van der Waals surface area contributed by atoms with E-state index in [-0.39, 0.29) is 0 Å². The summed E-state index contributed by atoms with van der Waals surface area (Å²) in [5.74, 6) is 1.29. The SMILES string of the molecule is CCC(NCC1(C)CCCS1)c1ccc(Cl)c(Cl)c1. The highest BCUT2D eigenvalue weighted by Crippen LogP contribution is 2.37. The summed E-state index contributed by atoms with van der Waals surface area (Å²) in [5, 5.41) is 4.96. The molecule has 0 aliphatic carbocycles. The molecular formula is C15H21Cl2NS. The second kappa shape index (κ2) is 6.71. The molecule has 1 saturated heterocycles. The van der Waals surface area contributed by atoms with Crippen molar-refractivity contribution in [3.05, 3.63) is 33.8 Å². The summed E-state index contributed by atoms with van der Waals surface area (Å²) < 4.78 is 0.393. The molecule has 0 saturated carbocycles. The third-order valence-electron chi connectivity index (χ3n) is 3.78. The number of rotatable bonds is 5. The van der Waals surface area contributed by atoms with Crippen molar-refractivity contribution in [1.82, 2.24) is 5.32 Å². The van der Waals surface area contributed by atoms with Gasteiger partial charge in [0.15, 0.2) is 0 Å². The molecule has 0 radical (unpaired) electrons. The summed E-state index contributed by atoms with van der Waals surface area (Å²) in [4.78, 5) is 0. The summed E-state index contributed by atoms with van der Waals surface area (Å²) in [5.41, 5.74) is 1.23. The number of nitrogens with one attached hydrogen (secondary N) is 1. The molecular weight excluding hydrogens is 297 g/mol. The van der Waals surface area contributed by atoms with Crippen molar-refractivity contribution in [2.45, 2.75) is 43.9 Å². The highest BCUT2D eigenvalue weighted by Gasteiger charge is 2.29. The van der Waals surface area contributed by atoms with Crippen LogP contribution in [0.1, 0.15) is 44.7 Å². The Balaban J connectivity index is 2.01. The molecule has 1 fully saturated rings. The predicted molar refractivity (Wildman–Crippen MR) is 87.6 cm³/mol. The molecule has 4 heteroatoms. The maximum atomic E-state index is 6.11. The standard InChI is InChI=1S/C15H21Cl2NS/c1-3-14(11-5-6-12(16)13(17)9-11)18-10-15(2)7-4-8-19-15/h5-6,9,14,18H,3-4,7-8,10H2,1-2H3. The van der Waals surface area contributed by atoms with Gasteiger partial charge in [-0.3, -0.25) is 0 Å². The average molecular weight is 318 g/mol. The van der Waals surface area contributed by atoms with E-state index in [2.05, 4.69) is 37.0 Å². The Kier molecular flexibility index (Phi) is 5.47. The molecule has 19 heavy (non-hydrogen) atoms. The summed E-state index contributed by atoms with van der Waals surface area (Å²) in [6.07, 6.45) is 3.70. The van der Waals surface area contributed by atoms with E-state index in [1.54, 1.807) is 0 Å². The van der Waals surface area contributed by atoms with Crippen molar-refractivity contribution < 1.29 is 0 Å². The number of halogens is 2. The normalized spacial score (nSPS) is 24.6. The first kappa shape index (κ1) is 15.5. The van der Waals surface area contributed by atoms with Gasteiger partial charge < -0.3 is 5.32 Å². The van der Waals surface area contributed by atoms with Crippen LogP contribution >= 0.6 is 35.0 Å². The average Bonchev–Trinajstić information content (AvgIpc) is 2.81. The number of hydrogen-bond acceptors (Lipinski definition) is 2. The topological polar surface area (TPSA) is 12.0 Å². The van der Waals surface area contributed by atoms with Crippen molar-refractivity contribution >= 4 is 35.0 Å². The van der Waals surface area contributed by atoms with Gasteiger partial charge in [0.2, 0.25) is 0 Å². The molecule has 106 valence electrons. The van der Waals surface area contributed by atoms with Crippen LogP contribution < -0.4 is 5.32 Å². The number of benzene rings is 1. The lowest BCUT2D eigenvalue weighted by Crippen LogP contribution is -2.35. The third-order valence-corrected chi connectivity index (χ3v) is 6.05. The zero-order chi connectivity index (χ0) is 13.9. The van der Waals surface area contributed by atoms with Gasteiger partial charge in [-0.2, -0.15) is 11.8 Å². The fourth-order valence-corrected chi connectivity index (χ4v) is 4.10. The number of thioether (sulfide) groups is 1. The molecule has 1 aromatic rings. The Morgan fingerprint density at radius 3 is 2.74 bits per heavy atom. The van der Waals surface area contributed by atoms with E-state index < -0.39 is 0 Å². The van der Waals surface area contributed by atoms with Gasteiger partial charge >= 0.3 is 0 Å². The van der Waals surface area contributed by atoms with Gasteiger partial charge in [0.25, 0.3) is 0 Å². The molecule has 1 nitrogen and oxygen atoms in total. The van der Waals surface area contributed by atoms with E-state index in [9.17, 15) is 0 Å². The molecule has 0 bridgehead atoms. The summed E-state index contributed by atoms with van der Waals surface area (Å²) in [7, 11) is 0. The van der Waals surface area contributed by atoms with Crippen LogP contribution in [0, 0.1) is 0 Å². The van der Waals surface area contributed by atoms with Crippen molar-refractivity contribution in [2.75, 3.05) is 12.3 Å². The molecule has 1 N–H and O–H groups in total. The maximum Gasteiger partial charge on any atom is 0.0595 e. The van der Waals surface area contributed by atoms with E-state index in [1.165, 1.54) is 24.2 Å². The van der Waals surface area contributed by atoms with Crippen molar-refractivity contribution in [1.29, 1.82) is 0 Å². The molecule has 1 aliphatic heterocycles. The Morgan fingerprint density at radius 1 is 1.37 bits per heavy atom. The van der Waals surface area contributed by atoms with Gasteiger partial charge in [0.1, 0.15) is 0 Å². The molecule has 2 unspecified atom stereocenters. The Labute approximate surface area is 130 Å². The van der Waals surface area contributed by atoms with Crippen LogP contribution in [0.3, 0.4) is 0 Å². The van der Waals surface area contributed by atoms with Crippen LogP contribution in [-0.4, -0.2) is 17.0 Å². The van der Waals surface area contributed by atoms with Crippen molar-refractivity contribution in [3.63, 3.8) is 0 Å². The Bertz CT molecular complexity index is 430. The molecule has 2 rings (SSSR count). The maximum absolute atomic E-state index is 6.11. The van der Waals surface area contributed by atoms with Gasteiger partial charge in [0.05, 0.1) is 10.0 Å². The number of hydrogen-bond donors (Lipinski definition) is 1. The van der Waals surface area contributed by atoms with E-state index >= 15 is 0 Å². The summed E-state index contributed by atoms with van der Waals surface area (Å²) in [6.45, 7) is 5.61. The first-order chi connectivity index (χ1) is 9.04. The van der Waals surface area contributed by atoms with Crippen LogP contribution in [0.25, 0.3) is 0 Å². The lowest BCUT2D eigenvalue weighted by atomic mass is 10.0. The molecule has 0 spiro atoms. The van der Waals surface area contributed by atoms with E-state index in [1.807, 2.05) is 12.1 Å². The summed E-state index contributed by atoms with van der Waals surface area (Å²) in [6, 6.07) is 6.29. The van der Waals surface area contributed by atoms with Gasteiger partial charge in [-0.25, -0.2) is 0 Å². The fourth-order valence-electron chi connectivity index (χ4n) is 2.54. The lowest BCUT2D eigenvalue weighted by Gasteiger charge is -2.27. The van der Waals surface area contributed by atoms with Gasteiger partial charge in [0, 0.05) is 17.3 Å². The molecule has 2 atom stereocenters. The van der Waals surface area contributed by atoms with Crippen molar-refractivity contribution in [2.24, 2.45) is 0 Å². The van der Waals surface area contributed by atoms with E-state index in [0.29, 0.717) is 20.8 Å². The molecule has 1 aliphatic rings. The monoisotopic (exact) mass is 317 g/mol. The molecule has 1 heterocycles. The minimum atomic E-state index is 0.354. The zero-order valence-corrected chi connectivity index (χ0v) is 13.8. The quantitative estimate of drug-likeness (QED) is 0.788. The lowest BCUT2D eigenvalue weighted by molar-refractivity contribution is 0.462. The smallest absolute Gasteiger partial charge is 0.0595 e. The molecule has 0 amide bonds. The minimum absolute atomic E-state index is 0.354. The summed E-state index contributed by atoms with van der Waals surface area (Å²) >= 11 is 14.2. The second-order valence-electron chi connectivity index (χ2n) is 5.42. The van der Waals surface area contributed by atoms with Gasteiger partial charge in [-0.1, -0.05) is 36.2 Å².